The highest BCUT2D eigenvalue weighted by Gasteiger charge is 2.24. The van der Waals surface area contributed by atoms with Gasteiger partial charge in [-0.2, -0.15) is 0 Å². The maximum atomic E-state index is 6.09. The number of aryl methyl sites for hydroxylation is 1. The number of aromatic nitrogens is 2. The van der Waals surface area contributed by atoms with Crippen molar-refractivity contribution in [3.63, 3.8) is 0 Å². The Morgan fingerprint density at radius 3 is 2.95 bits per heavy atom. The Labute approximate surface area is 130 Å². The van der Waals surface area contributed by atoms with E-state index in [1.165, 1.54) is 31.2 Å². The molecule has 0 amide bonds. The number of halogens is 2. The maximum absolute atomic E-state index is 6.09. The highest BCUT2D eigenvalue weighted by molar-refractivity contribution is 6.31. The molecule has 108 valence electrons. The van der Waals surface area contributed by atoms with E-state index in [0.29, 0.717) is 11.9 Å². The Bertz CT molecular complexity index is 606. The van der Waals surface area contributed by atoms with Gasteiger partial charge in [-0.15, -0.1) is 11.6 Å². The zero-order valence-electron chi connectivity index (χ0n) is 11.8. The fourth-order valence-electron chi connectivity index (χ4n) is 3.43. The van der Waals surface area contributed by atoms with E-state index in [4.69, 9.17) is 28.2 Å². The molecule has 1 aromatic heterocycles. The van der Waals surface area contributed by atoms with Gasteiger partial charge in [0.2, 0.25) is 0 Å². The average molecular weight is 311 g/mol. The summed E-state index contributed by atoms with van der Waals surface area (Å²) >= 11 is 12.0. The van der Waals surface area contributed by atoms with E-state index in [9.17, 15) is 0 Å². The molecule has 1 aliphatic rings. The summed E-state index contributed by atoms with van der Waals surface area (Å²) in [4.78, 5) is 4.76. The smallest absolute Gasteiger partial charge is 0.111 e. The van der Waals surface area contributed by atoms with E-state index >= 15 is 0 Å². The largest absolute Gasteiger partial charge is 0.325 e. The van der Waals surface area contributed by atoms with Crippen LogP contribution in [0.1, 0.15) is 44.5 Å². The monoisotopic (exact) mass is 310 g/mol. The molecule has 0 bridgehead atoms. The van der Waals surface area contributed by atoms with Gasteiger partial charge in [-0.25, -0.2) is 4.98 Å². The molecular weight excluding hydrogens is 291 g/mol. The lowest BCUT2D eigenvalue weighted by Gasteiger charge is -2.29. The third-order valence-electron chi connectivity index (χ3n) is 4.32. The van der Waals surface area contributed by atoms with Crippen molar-refractivity contribution >= 4 is 34.2 Å². The molecule has 1 fully saturated rings. The van der Waals surface area contributed by atoms with Crippen LogP contribution in [0.2, 0.25) is 5.02 Å². The summed E-state index contributed by atoms with van der Waals surface area (Å²) in [5, 5.41) is 0.747. The van der Waals surface area contributed by atoms with Crippen LogP contribution in [0.3, 0.4) is 0 Å². The van der Waals surface area contributed by atoms with E-state index < -0.39 is 0 Å². The van der Waals surface area contributed by atoms with Crippen LogP contribution in [0.15, 0.2) is 18.2 Å². The lowest BCUT2D eigenvalue weighted by molar-refractivity contribution is 0.283. The first-order chi connectivity index (χ1) is 9.69. The number of alkyl halides is 1. The van der Waals surface area contributed by atoms with Crippen molar-refractivity contribution in [3.8, 4) is 0 Å². The van der Waals surface area contributed by atoms with Gasteiger partial charge in [0, 0.05) is 23.4 Å². The summed E-state index contributed by atoms with van der Waals surface area (Å²) < 4.78 is 2.42. The quantitative estimate of drug-likeness (QED) is 0.710. The molecule has 1 saturated carbocycles. The summed E-state index contributed by atoms with van der Waals surface area (Å²) in [5.41, 5.74) is 2.20. The molecular formula is C16H20Cl2N2. The van der Waals surface area contributed by atoms with Crippen molar-refractivity contribution in [3.05, 3.63) is 29.0 Å². The van der Waals surface area contributed by atoms with E-state index in [1.54, 1.807) is 0 Å². The number of hydrogen-bond donors (Lipinski definition) is 0. The van der Waals surface area contributed by atoms with Crippen molar-refractivity contribution < 1.29 is 0 Å². The fraction of sp³-hybridized carbons (Fsp3) is 0.562. The minimum absolute atomic E-state index is 0.558. The van der Waals surface area contributed by atoms with Gasteiger partial charge in [0.25, 0.3) is 0 Å². The molecule has 0 spiro atoms. The normalized spacial score (nSPS) is 23.4. The molecule has 2 atom stereocenters. The van der Waals surface area contributed by atoms with Crippen molar-refractivity contribution in [1.82, 2.24) is 9.55 Å². The first kappa shape index (κ1) is 14.2. The summed E-state index contributed by atoms with van der Waals surface area (Å²) in [6.45, 7) is 2.35. The van der Waals surface area contributed by atoms with Gasteiger partial charge in [-0.05, 0) is 37.0 Å². The third-order valence-corrected chi connectivity index (χ3v) is 4.74. The lowest BCUT2D eigenvalue weighted by Crippen LogP contribution is -2.19. The van der Waals surface area contributed by atoms with E-state index in [1.807, 2.05) is 12.1 Å². The molecule has 0 N–H and O–H groups in total. The predicted octanol–water partition coefficient (Wildman–Crippen LogP) is 5.22. The molecule has 1 heterocycles. The van der Waals surface area contributed by atoms with Crippen LogP contribution in [-0.4, -0.2) is 15.4 Å². The summed E-state index contributed by atoms with van der Waals surface area (Å²) in [6, 6.07) is 6.57. The molecule has 1 aliphatic carbocycles. The molecule has 2 aromatic rings. The summed E-state index contributed by atoms with van der Waals surface area (Å²) in [5.74, 6) is 2.51. The van der Waals surface area contributed by atoms with Gasteiger partial charge < -0.3 is 4.57 Å². The fourth-order valence-corrected chi connectivity index (χ4v) is 3.76. The lowest BCUT2D eigenvalue weighted by atomic mass is 9.87. The number of benzene rings is 1. The molecule has 0 saturated heterocycles. The Hall–Kier alpha value is -0.730. The minimum Gasteiger partial charge on any atom is -0.325 e. The van der Waals surface area contributed by atoms with Gasteiger partial charge in [0.05, 0.1) is 11.0 Å². The molecule has 0 aliphatic heterocycles. The molecule has 0 radical (unpaired) electrons. The second-order valence-electron chi connectivity index (χ2n) is 5.90. The molecule has 3 rings (SSSR count). The molecule has 2 unspecified atom stereocenters. The van der Waals surface area contributed by atoms with E-state index in [0.717, 1.165) is 28.7 Å². The van der Waals surface area contributed by atoms with Crippen LogP contribution < -0.4 is 0 Å². The van der Waals surface area contributed by atoms with Crippen LogP contribution in [0.4, 0.5) is 0 Å². The number of hydrogen-bond acceptors (Lipinski definition) is 1. The topological polar surface area (TPSA) is 17.8 Å². The summed E-state index contributed by atoms with van der Waals surface area (Å²) in [7, 11) is 0. The Kier molecular flexibility index (Phi) is 4.23. The van der Waals surface area contributed by atoms with Crippen LogP contribution in [-0.2, 0) is 6.42 Å². The SMILES string of the molecule is CC1CCCC(n2c(CCCl)nc3cc(Cl)ccc32)C1. The number of nitrogens with zero attached hydrogens (tertiary/aromatic N) is 2. The van der Waals surface area contributed by atoms with Crippen molar-refractivity contribution in [2.45, 2.75) is 45.1 Å². The first-order valence-corrected chi connectivity index (χ1v) is 8.32. The average Bonchev–Trinajstić information content (AvgIpc) is 2.76. The highest BCUT2D eigenvalue weighted by Crippen LogP contribution is 2.36. The van der Waals surface area contributed by atoms with Gasteiger partial charge in [0.1, 0.15) is 5.82 Å². The molecule has 2 nitrogen and oxygen atoms in total. The Balaban J connectivity index is 2.08. The molecule has 4 heteroatoms. The van der Waals surface area contributed by atoms with Crippen molar-refractivity contribution in [2.24, 2.45) is 5.92 Å². The van der Waals surface area contributed by atoms with Crippen LogP contribution in [0.25, 0.3) is 11.0 Å². The maximum Gasteiger partial charge on any atom is 0.111 e. The molecule has 1 aromatic carbocycles. The van der Waals surface area contributed by atoms with Crippen molar-refractivity contribution in [2.75, 3.05) is 5.88 Å². The van der Waals surface area contributed by atoms with Gasteiger partial charge in [-0.3, -0.25) is 0 Å². The Morgan fingerprint density at radius 2 is 2.20 bits per heavy atom. The third kappa shape index (κ3) is 2.68. The van der Waals surface area contributed by atoms with Crippen LogP contribution in [0, 0.1) is 5.92 Å². The zero-order valence-corrected chi connectivity index (χ0v) is 13.3. The van der Waals surface area contributed by atoms with Crippen LogP contribution >= 0.6 is 23.2 Å². The van der Waals surface area contributed by atoms with Crippen molar-refractivity contribution in [1.29, 1.82) is 0 Å². The van der Waals surface area contributed by atoms with Gasteiger partial charge in [0.15, 0.2) is 0 Å². The molecule has 20 heavy (non-hydrogen) atoms. The first-order valence-electron chi connectivity index (χ1n) is 7.41. The van der Waals surface area contributed by atoms with Gasteiger partial charge in [-0.1, -0.05) is 31.4 Å². The summed E-state index contributed by atoms with van der Waals surface area (Å²) in [6.07, 6.45) is 5.95. The highest BCUT2D eigenvalue weighted by atomic mass is 35.5. The second kappa shape index (κ2) is 5.95. The van der Waals surface area contributed by atoms with Gasteiger partial charge >= 0.3 is 0 Å². The minimum atomic E-state index is 0.558. The van der Waals surface area contributed by atoms with E-state index in [-0.39, 0.29) is 0 Å². The standard InChI is InChI=1S/C16H20Cl2N2/c1-11-3-2-4-13(9-11)20-15-6-5-12(18)10-14(15)19-16(20)7-8-17/h5-6,10-11,13H,2-4,7-9H2,1H3. The number of fused-ring (bicyclic) bond motifs is 1. The Morgan fingerprint density at radius 1 is 1.35 bits per heavy atom. The number of rotatable bonds is 3. The zero-order chi connectivity index (χ0) is 14.1. The van der Waals surface area contributed by atoms with E-state index in [2.05, 4.69) is 17.6 Å². The predicted molar refractivity (Wildman–Crippen MR) is 85.8 cm³/mol. The number of imidazole rings is 1. The second-order valence-corrected chi connectivity index (χ2v) is 6.71. The van der Waals surface area contributed by atoms with Crippen LogP contribution in [0.5, 0.6) is 0 Å².